The number of para-hydroxylation sites is 3. The molecule has 0 aliphatic carbocycles. The first-order valence-electron chi connectivity index (χ1n) is 17.1. The van der Waals surface area contributed by atoms with Crippen LogP contribution in [0.4, 0.5) is 17.1 Å². The van der Waals surface area contributed by atoms with Gasteiger partial charge in [0.05, 0.1) is 11.0 Å². The van der Waals surface area contributed by atoms with Gasteiger partial charge in [0.1, 0.15) is 0 Å². The summed E-state index contributed by atoms with van der Waals surface area (Å²) in [5.41, 5.74) is 14.2. The van der Waals surface area contributed by atoms with Crippen molar-refractivity contribution in [2.45, 2.75) is 0 Å². The Labute approximate surface area is 292 Å². The SMILES string of the molecule is c1ccc(-c2ccc(N(c3ccccc3)c3ccc(-c4ccc(-n5c6ccccc6c6cccc(-c7ccccc7)c65)cc4)cc3)cc2)cc1. The van der Waals surface area contributed by atoms with Gasteiger partial charge in [-0.05, 0) is 82.4 Å². The molecule has 2 heteroatoms. The molecule has 0 aliphatic rings. The molecule has 0 radical (unpaired) electrons. The van der Waals surface area contributed by atoms with Crippen molar-refractivity contribution in [3.05, 3.63) is 206 Å². The fourth-order valence-electron chi connectivity index (χ4n) is 7.20. The second kappa shape index (κ2) is 12.8. The van der Waals surface area contributed by atoms with Gasteiger partial charge in [-0.15, -0.1) is 0 Å². The monoisotopic (exact) mass is 638 g/mol. The Morgan fingerprint density at radius 1 is 0.300 bits per heavy atom. The van der Waals surface area contributed by atoms with Crippen LogP contribution in [0.5, 0.6) is 0 Å². The molecule has 8 aromatic carbocycles. The van der Waals surface area contributed by atoms with E-state index >= 15 is 0 Å². The lowest BCUT2D eigenvalue weighted by atomic mass is 10.0. The maximum absolute atomic E-state index is 2.42. The molecule has 0 amide bonds. The van der Waals surface area contributed by atoms with Crippen LogP contribution >= 0.6 is 0 Å². The molecule has 50 heavy (non-hydrogen) atoms. The van der Waals surface area contributed by atoms with Crippen molar-refractivity contribution in [2.75, 3.05) is 4.90 Å². The molecule has 236 valence electrons. The molecular formula is C48H34N2. The van der Waals surface area contributed by atoms with E-state index in [2.05, 4.69) is 216 Å². The standard InChI is InChI=1S/C48H34N2/c1-4-13-35(14-5-1)36-23-29-41(30-24-36)49(40-17-8-3-9-18-40)42-31-25-37(26-32-42)38-27-33-43(34-28-38)50-47-22-11-10-19-45(47)46-21-12-20-44(48(46)50)39-15-6-2-7-16-39/h1-34H. The molecule has 0 saturated carbocycles. The van der Waals surface area contributed by atoms with Crippen LogP contribution in [0.1, 0.15) is 0 Å². The molecule has 1 aromatic heterocycles. The van der Waals surface area contributed by atoms with Crippen molar-refractivity contribution in [2.24, 2.45) is 0 Å². The van der Waals surface area contributed by atoms with Gasteiger partial charge in [-0.2, -0.15) is 0 Å². The second-order valence-electron chi connectivity index (χ2n) is 12.6. The number of benzene rings is 8. The first kappa shape index (κ1) is 29.5. The summed E-state index contributed by atoms with van der Waals surface area (Å²) >= 11 is 0. The van der Waals surface area contributed by atoms with Gasteiger partial charge < -0.3 is 9.47 Å². The van der Waals surface area contributed by atoms with Crippen LogP contribution in [-0.4, -0.2) is 4.57 Å². The topological polar surface area (TPSA) is 8.17 Å². The fraction of sp³-hybridized carbons (Fsp3) is 0. The summed E-state index contributed by atoms with van der Waals surface area (Å²) in [7, 11) is 0. The summed E-state index contributed by atoms with van der Waals surface area (Å²) in [5.74, 6) is 0. The van der Waals surface area contributed by atoms with Gasteiger partial charge in [-0.1, -0.05) is 152 Å². The molecule has 2 nitrogen and oxygen atoms in total. The van der Waals surface area contributed by atoms with E-state index in [0.29, 0.717) is 0 Å². The third-order valence-corrected chi connectivity index (χ3v) is 9.61. The largest absolute Gasteiger partial charge is 0.311 e. The molecule has 0 unspecified atom stereocenters. The van der Waals surface area contributed by atoms with Crippen LogP contribution in [0.2, 0.25) is 0 Å². The predicted molar refractivity (Wildman–Crippen MR) is 212 cm³/mol. The summed E-state index contributed by atoms with van der Waals surface area (Å²) in [6.45, 7) is 0. The van der Waals surface area contributed by atoms with E-state index < -0.39 is 0 Å². The Hall–Kier alpha value is -6.64. The number of anilines is 3. The molecule has 0 atom stereocenters. The Bertz CT molecular complexity index is 2530. The summed E-state index contributed by atoms with van der Waals surface area (Å²) < 4.78 is 2.42. The van der Waals surface area contributed by atoms with Crippen LogP contribution in [0, 0.1) is 0 Å². The summed E-state index contributed by atoms with van der Waals surface area (Å²) in [5, 5.41) is 2.52. The average molecular weight is 639 g/mol. The van der Waals surface area contributed by atoms with E-state index in [4.69, 9.17) is 0 Å². The van der Waals surface area contributed by atoms with Crippen LogP contribution in [-0.2, 0) is 0 Å². The quantitative estimate of drug-likeness (QED) is 0.169. The zero-order valence-corrected chi connectivity index (χ0v) is 27.5. The Kier molecular flexibility index (Phi) is 7.53. The van der Waals surface area contributed by atoms with Gasteiger partial charge in [-0.25, -0.2) is 0 Å². The Morgan fingerprint density at radius 3 is 1.34 bits per heavy atom. The number of hydrogen-bond donors (Lipinski definition) is 0. The first-order valence-corrected chi connectivity index (χ1v) is 17.1. The highest BCUT2D eigenvalue weighted by Gasteiger charge is 2.17. The van der Waals surface area contributed by atoms with E-state index in [1.165, 1.54) is 55.2 Å². The van der Waals surface area contributed by atoms with Crippen LogP contribution in [0.25, 0.3) is 60.9 Å². The van der Waals surface area contributed by atoms with Crippen LogP contribution in [0.15, 0.2) is 206 Å². The number of nitrogens with zero attached hydrogens (tertiary/aromatic N) is 2. The molecule has 0 saturated heterocycles. The minimum atomic E-state index is 1.11. The normalized spacial score (nSPS) is 11.2. The summed E-state index contributed by atoms with van der Waals surface area (Å²) in [6.07, 6.45) is 0. The second-order valence-corrected chi connectivity index (χ2v) is 12.6. The lowest BCUT2D eigenvalue weighted by Gasteiger charge is -2.26. The van der Waals surface area contributed by atoms with Crippen molar-refractivity contribution in [3.63, 3.8) is 0 Å². The predicted octanol–water partition coefficient (Wildman–Crippen LogP) is 13.3. The van der Waals surface area contributed by atoms with Gasteiger partial charge in [0.15, 0.2) is 0 Å². The zero-order valence-electron chi connectivity index (χ0n) is 27.5. The molecule has 9 aromatic rings. The molecule has 0 bridgehead atoms. The van der Waals surface area contributed by atoms with Crippen molar-refractivity contribution >= 4 is 38.9 Å². The maximum Gasteiger partial charge on any atom is 0.0619 e. The molecule has 1 heterocycles. The average Bonchev–Trinajstić information content (AvgIpc) is 3.54. The minimum absolute atomic E-state index is 1.11. The maximum atomic E-state index is 2.42. The van der Waals surface area contributed by atoms with Crippen LogP contribution in [0.3, 0.4) is 0 Å². The van der Waals surface area contributed by atoms with Crippen molar-refractivity contribution in [1.82, 2.24) is 4.57 Å². The van der Waals surface area contributed by atoms with Gasteiger partial charge in [0.25, 0.3) is 0 Å². The molecule has 0 N–H and O–H groups in total. The molecule has 0 spiro atoms. The van der Waals surface area contributed by atoms with Gasteiger partial charge in [0.2, 0.25) is 0 Å². The lowest BCUT2D eigenvalue weighted by Crippen LogP contribution is -2.09. The van der Waals surface area contributed by atoms with E-state index in [1.807, 2.05) is 0 Å². The molecule has 0 fully saturated rings. The third kappa shape index (κ3) is 5.34. The van der Waals surface area contributed by atoms with Crippen molar-refractivity contribution in [3.8, 4) is 39.1 Å². The smallest absolute Gasteiger partial charge is 0.0619 e. The van der Waals surface area contributed by atoms with Gasteiger partial charge >= 0.3 is 0 Å². The lowest BCUT2D eigenvalue weighted by molar-refractivity contribution is 1.18. The van der Waals surface area contributed by atoms with Gasteiger partial charge in [-0.3, -0.25) is 0 Å². The molecule has 9 rings (SSSR count). The highest BCUT2D eigenvalue weighted by molar-refractivity contribution is 6.13. The van der Waals surface area contributed by atoms with Crippen molar-refractivity contribution < 1.29 is 0 Å². The van der Waals surface area contributed by atoms with Gasteiger partial charge in [0, 0.05) is 39.1 Å². The fourth-order valence-corrected chi connectivity index (χ4v) is 7.20. The Morgan fingerprint density at radius 2 is 0.740 bits per heavy atom. The van der Waals surface area contributed by atoms with E-state index in [0.717, 1.165) is 22.7 Å². The van der Waals surface area contributed by atoms with E-state index in [-0.39, 0.29) is 0 Å². The number of rotatable bonds is 7. The van der Waals surface area contributed by atoms with Crippen LogP contribution < -0.4 is 4.90 Å². The minimum Gasteiger partial charge on any atom is -0.311 e. The highest BCUT2D eigenvalue weighted by Crippen LogP contribution is 2.39. The zero-order chi connectivity index (χ0) is 33.3. The highest BCUT2D eigenvalue weighted by atomic mass is 15.1. The Balaban J connectivity index is 1.07. The third-order valence-electron chi connectivity index (χ3n) is 9.61. The first-order chi connectivity index (χ1) is 24.8. The summed E-state index contributed by atoms with van der Waals surface area (Å²) in [6, 6.07) is 73.9. The number of hydrogen-bond acceptors (Lipinski definition) is 1. The number of fused-ring (bicyclic) bond motifs is 3. The summed E-state index contributed by atoms with van der Waals surface area (Å²) in [4.78, 5) is 2.31. The molecular weight excluding hydrogens is 605 g/mol. The van der Waals surface area contributed by atoms with Crippen molar-refractivity contribution in [1.29, 1.82) is 0 Å². The number of aromatic nitrogens is 1. The van der Waals surface area contributed by atoms with E-state index in [9.17, 15) is 0 Å². The molecule has 0 aliphatic heterocycles. The van der Waals surface area contributed by atoms with E-state index in [1.54, 1.807) is 0 Å².